The van der Waals surface area contributed by atoms with Crippen LogP contribution >= 0.6 is 0 Å². The minimum absolute atomic E-state index is 0.468. The predicted molar refractivity (Wildman–Crippen MR) is 39.2 cm³/mol. The molecule has 2 unspecified atom stereocenters. The highest BCUT2D eigenvalue weighted by atomic mass is 32.3. The van der Waals surface area contributed by atoms with E-state index in [1.54, 1.807) is 0 Å². The molecular formula is C7H8O4S. The first kappa shape index (κ1) is 6.91. The second-order valence-corrected chi connectivity index (χ2v) is 4.75. The van der Waals surface area contributed by atoms with E-state index in [9.17, 15) is 8.42 Å². The van der Waals surface area contributed by atoms with E-state index in [1.807, 2.05) is 6.08 Å². The van der Waals surface area contributed by atoms with Gasteiger partial charge in [0.2, 0.25) is 0 Å². The van der Waals surface area contributed by atoms with Gasteiger partial charge in [0, 0.05) is 0 Å². The van der Waals surface area contributed by atoms with Crippen LogP contribution in [-0.4, -0.2) is 14.0 Å². The van der Waals surface area contributed by atoms with Crippen molar-refractivity contribution in [1.82, 2.24) is 0 Å². The molecule has 1 heterocycles. The Balaban J connectivity index is 2.15. The summed E-state index contributed by atoms with van der Waals surface area (Å²) in [7, 11) is -3.72. The van der Waals surface area contributed by atoms with Crippen LogP contribution < -0.4 is 0 Å². The Morgan fingerprint density at radius 2 is 2.42 bits per heavy atom. The maximum Gasteiger partial charge on any atom is 0.449 e. The number of hydrogen-bond donors (Lipinski definition) is 0. The molecule has 5 heteroatoms. The fourth-order valence-corrected chi connectivity index (χ4v) is 3.41. The van der Waals surface area contributed by atoms with Gasteiger partial charge in [-0.15, -0.1) is 0 Å². The predicted octanol–water partition coefficient (Wildman–Crippen LogP) is 0.714. The highest BCUT2D eigenvalue weighted by molar-refractivity contribution is 7.82. The van der Waals surface area contributed by atoms with Gasteiger partial charge in [0.15, 0.2) is 5.76 Å². The number of hydrogen-bond acceptors (Lipinski definition) is 4. The summed E-state index contributed by atoms with van der Waals surface area (Å²) < 4.78 is 31.5. The average Bonchev–Trinajstić information content (AvgIpc) is 2.46. The highest BCUT2D eigenvalue weighted by Gasteiger charge is 2.58. The van der Waals surface area contributed by atoms with Crippen LogP contribution in [0.5, 0.6) is 0 Å². The van der Waals surface area contributed by atoms with Gasteiger partial charge in [-0.05, 0) is 31.3 Å². The summed E-state index contributed by atoms with van der Waals surface area (Å²) in [4.78, 5) is 0. The quantitative estimate of drug-likeness (QED) is 0.562. The van der Waals surface area contributed by atoms with Crippen molar-refractivity contribution >= 4 is 10.4 Å². The van der Waals surface area contributed by atoms with Crippen molar-refractivity contribution in [1.29, 1.82) is 0 Å². The van der Waals surface area contributed by atoms with Gasteiger partial charge in [-0.2, -0.15) is 8.42 Å². The minimum atomic E-state index is -3.72. The Kier molecular flexibility index (Phi) is 0.977. The van der Waals surface area contributed by atoms with Crippen LogP contribution in [0.4, 0.5) is 0 Å². The zero-order chi connectivity index (χ0) is 8.40. The van der Waals surface area contributed by atoms with Gasteiger partial charge in [0.25, 0.3) is 0 Å². The summed E-state index contributed by atoms with van der Waals surface area (Å²) >= 11 is 0. The number of allylic oxidation sites excluding steroid dienone is 1. The molecule has 0 aromatic carbocycles. The summed E-state index contributed by atoms with van der Waals surface area (Å²) in [5.74, 6) is 0.995. The number of rotatable bonds is 0. The topological polar surface area (TPSA) is 52.6 Å². The summed E-state index contributed by atoms with van der Waals surface area (Å²) in [5, 5.41) is 0. The Morgan fingerprint density at radius 3 is 3.08 bits per heavy atom. The monoisotopic (exact) mass is 188 g/mol. The molecule has 2 bridgehead atoms. The van der Waals surface area contributed by atoms with Crippen LogP contribution in [0.2, 0.25) is 0 Å². The van der Waals surface area contributed by atoms with E-state index < -0.39 is 16.0 Å². The van der Waals surface area contributed by atoms with Crippen molar-refractivity contribution in [3.63, 3.8) is 0 Å². The molecule has 2 atom stereocenters. The standard InChI is InChI=1S/C7H8O4S/c8-12(9)10-6-3-5-1-2-7(6,4-5)11-12/h3,5H,1-2,4H2. The number of fused-ring (bicyclic) bond motifs is 1. The molecule has 1 saturated carbocycles. The maximum atomic E-state index is 10.9. The van der Waals surface area contributed by atoms with Crippen LogP contribution in [0.1, 0.15) is 19.3 Å². The first-order valence-electron chi connectivity index (χ1n) is 3.97. The second-order valence-electron chi connectivity index (χ2n) is 3.60. The molecule has 0 amide bonds. The van der Waals surface area contributed by atoms with Gasteiger partial charge in [-0.25, -0.2) is 4.18 Å². The SMILES string of the molecule is O=S1(=O)OC2=CC3CCC2(C3)O1. The van der Waals surface area contributed by atoms with Crippen LogP contribution in [-0.2, 0) is 18.8 Å². The Labute approximate surface area is 70.5 Å². The molecule has 1 aliphatic heterocycles. The third kappa shape index (κ3) is 0.682. The van der Waals surface area contributed by atoms with Gasteiger partial charge < -0.3 is 4.18 Å². The molecular weight excluding hydrogens is 180 g/mol. The summed E-state index contributed by atoms with van der Waals surface area (Å²) in [6, 6.07) is 0. The molecule has 0 aromatic heterocycles. The molecule has 0 N–H and O–H groups in total. The summed E-state index contributed by atoms with van der Waals surface area (Å²) in [6.45, 7) is 0. The fourth-order valence-electron chi connectivity index (χ4n) is 2.32. The van der Waals surface area contributed by atoms with E-state index in [-0.39, 0.29) is 0 Å². The van der Waals surface area contributed by atoms with Gasteiger partial charge in [0.1, 0.15) is 5.60 Å². The Bertz CT molecular complexity index is 369. The third-order valence-electron chi connectivity index (χ3n) is 2.80. The lowest BCUT2D eigenvalue weighted by molar-refractivity contribution is 0.144. The van der Waals surface area contributed by atoms with E-state index in [4.69, 9.17) is 8.37 Å². The van der Waals surface area contributed by atoms with E-state index in [0.717, 1.165) is 19.3 Å². The van der Waals surface area contributed by atoms with Crippen molar-refractivity contribution in [2.75, 3.05) is 0 Å². The van der Waals surface area contributed by atoms with Crippen molar-refractivity contribution < 1.29 is 16.8 Å². The smallest absolute Gasteiger partial charge is 0.363 e. The molecule has 2 fully saturated rings. The first-order valence-corrected chi connectivity index (χ1v) is 5.30. The molecule has 12 heavy (non-hydrogen) atoms. The largest absolute Gasteiger partial charge is 0.449 e. The molecule has 3 aliphatic rings. The normalized spacial score (nSPS) is 47.0. The third-order valence-corrected chi connectivity index (χ3v) is 3.71. The first-order chi connectivity index (χ1) is 5.60. The Hall–Kier alpha value is -0.550. The molecule has 66 valence electrons. The lowest BCUT2D eigenvalue weighted by Crippen LogP contribution is -2.24. The molecule has 3 rings (SSSR count). The zero-order valence-electron chi connectivity index (χ0n) is 6.32. The molecule has 4 nitrogen and oxygen atoms in total. The van der Waals surface area contributed by atoms with Gasteiger partial charge in [-0.1, -0.05) is 0 Å². The van der Waals surface area contributed by atoms with Crippen LogP contribution in [0.25, 0.3) is 0 Å². The van der Waals surface area contributed by atoms with E-state index in [0.29, 0.717) is 11.7 Å². The minimum Gasteiger partial charge on any atom is -0.363 e. The average molecular weight is 188 g/mol. The van der Waals surface area contributed by atoms with Crippen LogP contribution in [0, 0.1) is 5.92 Å². The molecule has 0 radical (unpaired) electrons. The lowest BCUT2D eigenvalue weighted by Gasteiger charge is -2.14. The molecule has 1 saturated heterocycles. The molecule has 2 aliphatic carbocycles. The Morgan fingerprint density at radius 1 is 1.58 bits per heavy atom. The fraction of sp³-hybridized carbons (Fsp3) is 0.714. The van der Waals surface area contributed by atoms with E-state index in [2.05, 4.69) is 0 Å². The van der Waals surface area contributed by atoms with Crippen molar-refractivity contribution in [2.24, 2.45) is 5.92 Å². The van der Waals surface area contributed by atoms with E-state index >= 15 is 0 Å². The van der Waals surface area contributed by atoms with Crippen molar-refractivity contribution in [3.8, 4) is 0 Å². The van der Waals surface area contributed by atoms with Gasteiger partial charge >= 0.3 is 10.4 Å². The lowest BCUT2D eigenvalue weighted by atomic mass is 10.0. The van der Waals surface area contributed by atoms with Crippen molar-refractivity contribution in [2.45, 2.75) is 24.9 Å². The van der Waals surface area contributed by atoms with Crippen LogP contribution in [0.3, 0.4) is 0 Å². The van der Waals surface area contributed by atoms with E-state index in [1.165, 1.54) is 0 Å². The molecule has 0 aromatic rings. The summed E-state index contributed by atoms with van der Waals surface area (Å²) in [6.07, 6.45) is 4.46. The zero-order valence-corrected chi connectivity index (χ0v) is 7.13. The molecule has 1 spiro atoms. The maximum absolute atomic E-state index is 10.9. The van der Waals surface area contributed by atoms with Crippen molar-refractivity contribution in [3.05, 3.63) is 11.8 Å². The second kappa shape index (κ2) is 1.70. The summed E-state index contributed by atoms with van der Waals surface area (Å²) in [5.41, 5.74) is -0.594. The van der Waals surface area contributed by atoms with Gasteiger partial charge in [0.05, 0.1) is 0 Å². The van der Waals surface area contributed by atoms with Crippen LogP contribution in [0.15, 0.2) is 11.8 Å². The highest BCUT2D eigenvalue weighted by Crippen LogP contribution is 2.54. The van der Waals surface area contributed by atoms with Gasteiger partial charge in [-0.3, -0.25) is 0 Å².